The van der Waals surface area contributed by atoms with Crippen molar-refractivity contribution in [3.8, 4) is 22.6 Å². The van der Waals surface area contributed by atoms with Crippen molar-refractivity contribution in [1.82, 2.24) is 0 Å². The predicted octanol–water partition coefficient (Wildman–Crippen LogP) is 5.66. The van der Waals surface area contributed by atoms with Crippen LogP contribution < -0.4 is 9.47 Å². The molecule has 0 fully saturated rings. The Hall–Kier alpha value is -4.50. The number of methoxy groups -OCH3 is 1. The fourth-order valence-electron chi connectivity index (χ4n) is 3.84. The predicted molar refractivity (Wildman–Crippen MR) is 147 cm³/mol. The summed E-state index contributed by atoms with van der Waals surface area (Å²) in [5, 5.41) is 17.7. The number of hydrogen-bond acceptors (Lipinski definition) is 8. The van der Waals surface area contributed by atoms with Crippen LogP contribution in [0.4, 0.5) is 0 Å². The van der Waals surface area contributed by atoms with Crippen molar-refractivity contribution in [2.75, 3.05) is 13.7 Å². The number of carbonyl (C=O) groups excluding carboxylic acids is 1. The normalized spacial score (nSPS) is 10.4. The number of aliphatic carboxylic acids is 1. The number of esters is 1. The first-order valence-electron chi connectivity index (χ1n) is 12.7. The summed E-state index contributed by atoms with van der Waals surface area (Å²) in [5.74, 6) is 2.62. The third-order valence-corrected chi connectivity index (χ3v) is 5.93. The van der Waals surface area contributed by atoms with Gasteiger partial charge in [0.1, 0.15) is 54.0 Å². The van der Waals surface area contributed by atoms with Crippen molar-refractivity contribution in [1.29, 1.82) is 0 Å². The molecule has 0 aliphatic carbocycles. The van der Waals surface area contributed by atoms with Crippen LogP contribution >= 0.6 is 0 Å². The summed E-state index contributed by atoms with van der Waals surface area (Å²) in [6.07, 6.45) is -0.00786. The molecular weight excluding hydrogens is 516 g/mol. The number of carboxylic acids is 1. The summed E-state index contributed by atoms with van der Waals surface area (Å²) in [4.78, 5) is 21.8. The Kier molecular flexibility index (Phi) is 11.0. The second-order valence-electron chi connectivity index (χ2n) is 8.84. The number of carbonyl (C=O) groups is 2. The lowest BCUT2D eigenvalue weighted by Gasteiger charge is -2.07. The molecule has 4 rings (SSSR count). The Morgan fingerprint density at radius 3 is 1.82 bits per heavy atom. The molecule has 0 aliphatic heterocycles. The number of carboxylic acid groups (broad SMARTS) is 1. The number of aryl methyl sites for hydroxylation is 2. The molecule has 0 aliphatic rings. The van der Waals surface area contributed by atoms with Gasteiger partial charge in [-0.15, -0.1) is 0 Å². The third kappa shape index (κ3) is 8.78. The molecule has 2 aromatic heterocycles. The Morgan fingerprint density at radius 1 is 0.800 bits per heavy atom. The lowest BCUT2D eigenvalue weighted by molar-refractivity contribution is -0.142. The van der Waals surface area contributed by atoms with Crippen molar-refractivity contribution in [2.24, 2.45) is 0 Å². The summed E-state index contributed by atoms with van der Waals surface area (Å²) in [7, 11) is 1.65. The van der Waals surface area contributed by atoms with Gasteiger partial charge in [0.15, 0.2) is 0 Å². The van der Waals surface area contributed by atoms with Crippen LogP contribution in [-0.4, -0.2) is 35.9 Å². The van der Waals surface area contributed by atoms with Crippen molar-refractivity contribution < 1.29 is 42.8 Å². The van der Waals surface area contributed by atoms with Gasteiger partial charge < -0.3 is 33.3 Å². The number of furan rings is 2. The van der Waals surface area contributed by atoms with Gasteiger partial charge in [-0.2, -0.15) is 0 Å². The Balaban J connectivity index is 0.000000267. The highest BCUT2D eigenvalue weighted by Crippen LogP contribution is 2.25. The summed E-state index contributed by atoms with van der Waals surface area (Å²) >= 11 is 0. The summed E-state index contributed by atoms with van der Waals surface area (Å²) in [6.45, 7) is 5.93. The van der Waals surface area contributed by atoms with Crippen LogP contribution in [0.15, 0.2) is 69.5 Å². The smallest absolute Gasteiger partial charge is 0.313 e. The minimum atomic E-state index is -0.916. The standard InChI is InChI=1S/C21H20O5.C10H14O4/c1-14-17(11-20(26-14)12-21(22)23)13-25-19-9-5-16(6-10-19)15-3-7-18(24-2)8-4-15;1-3-13-10(12)5-9-4-8(6-11)7(2)14-9/h3-11H,12-13H2,1-2H3,(H,22,23);4,11H,3,5-6H2,1-2H3. The Labute approximate surface area is 232 Å². The van der Waals surface area contributed by atoms with Crippen molar-refractivity contribution in [3.05, 3.63) is 94.8 Å². The lowest BCUT2D eigenvalue weighted by Crippen LogP contribution is -2.06. The Morgan fingerprint density at radius 2 is 1.32 bits per heavy atom. The molecule has 0 spiro atoms. The number of benzene rings is 2. The molecule has 0 amide bonds. The average Bonchev–Trinajstić information content (AvgIpc) is 3.47. The van der Waals surface area contributed by atoms with E-state index in [1.165, 1.54) is 0 Å². The molecule has 0 saturated heterocycles. The molecule has 0 bridgehead atoms. The van der Waals surface area contributed by atoms with Crippen LogP contribution in [0.5, 0.6) is 11.5 Å². The van der Waals surface area contributed by atoms with E-state index in [4.69, 9.17) is 33.3 Å². The monoisotopic (exact) mass is 550 g/mol. The summed E-state index contributed by atoms with van der Waals surface area (Å²) < 4.78 is 26.4. The van der Waals surface area contributed by atoms with E-state index < -0.39 is 5.97 Å². The fourth-order valence-corrected chi connectivity index (χ4v) is 3.84. The largest absolute Gasteiger partial charge is 0.497 e. The van der Waals surface area contributed by atoms with Crippen LogP contribution in [0.1, 0.15) is 41.1 Å². The first kappa shape index (κ1) is 30.0. The van der Waals surface area contributed by atoms with Crippen LogP contribution in [0.2, 0.25) is 0 Å². The van der Waals surface area contributed by atoms with Crippen LogP contribution in [0, 0.1) is 13.8 Å². The van der Waals surface area contributed by atoms with E-state index >= 15 is 0 Å². The minimum absolute atomic E-state index is 0.0713. The maximum atomic E-state index is 11.1. The zero-order valence-corrected chi connectivity index (χ0v) is 23.1. The maximum absolute atomic E-state index is 11.1. The zero-order valence-electron chi connectivity index (χ0n) is 23.1. The van der Waals surface area contributed by atoms with Crippen molar-refractivity contribution >= 4 is 11.9 Å². The van der Waals surface area contributed by atoms with Gasteiger partial charge in [-0.05, 0) is 68.3 Å². The number of hydrogen-bond donors (Lipinski definition) is 2. The Bertz CT molecular complexity index is 1380. The molecule has 9 nitrogen and oxygen atoms in total. The molecule has 0 saturated carbocycles. The quantitative estimate of drug-likeness (QED) is 0.227. The second kappa shape index (κ2) is 14.6. The second-order valence-corrected chi connectivity index (χ2v) is 8.84. The van der Waals surface area contributed by atoms with E-state index in [0.717, 1.165) is 28.2 Å². The third-order valence-electron chi connectivity index (χ3n) is 5.93. The molecule has 0 radical (unpaired) electrons. The summed E-state index contributed by atoms with van der Waals surface area (Å²) in [5.41, 5.74) is 3.74. The van der Waals surface area contributed by atoms with E-state index in [0.29, 0.717) is 41.8 Å². The molecule has 2 N–H and O–H groups in total. The van der Waals surface area contributed by atoms with Crippen molar-refractivity contribution in [3.63, 3.8) is 0 Å². The molecular formula is C31H34O9. The molecule has 40 heavy (non-hydrogen) atoms. The van der Waals surface area contributed by atoms with Crippen LogP contribution in [0.3, 0.4) is 0 Å². The first-order valence-corrected chi connectivity index (χ1v) is 12.7. The molecule has 2 heterocycles. The summed E-state index contributed by atoms with van der Waals surface area (Å²) in [6, 6.07) is 19.1. The van der Waals surface area contributed by atoms with Gasteiger partial charge in [0, 0.05) is 11.1 Å². The lowest BCUT2D eigenvalue weighted by atomic mass is 10.1. The van der Waals surface area contributed by atoms with Gasteiger partial charge in [0.05, 0.1) is 20.3 Å². The van der Waals surface area contributed by atoms with Crippen molar-refractivity contribution in [2.45, 2.75) is 46.8 Å². The van der Waals surface area contributed by atoms with Gasteiger partial charge in [-0.3, -0.25) is 9.59 Å². The van der Waals surface area contributed by atoms with Crippen LogP contribution in [-0.2, 0) is 40.4 Å². The molecule has 9 heteroatoms. The average molecular weight is 551 g/mol. The zero-order chi connectivity index (χ0) is 29.1. The van der Waals surface area contributed by atoms with Gasteiger partial charge in [0.2, 0.25) is 0 Å². The highest BCUT2D eigenvalue weighted by atomic mass is 16.5. The first-order chi connectivity index (χ1) is 19.2. The SMILES string of the molecule is CCOC(=O)Cc1cc(CO)c(C)o1.COc1ccc(-c2ccc(OCc3cc(CC(=O)O)oc3C)cc2)cc1. The van der Waals surface area contributed by atoms with Gasteiger partial charge >= 0.3 is 11.9 Å². The van der Waals surface area contributed by atoms with Gasteiger partial charge in [-0.1, -0.05) is 24.3 Å². The molecule has 2 aromatic carbocycles. The van der Waals surface area contributed by atoms with Crippen LogP contribution in [0.25, 0.3) is 11.1 Å². The highest BCUT2D eigenvalue weighted by Gasteiger charge is 2.12. The number of aliphatic hydroxyl groups is 1. The number of rotatable bonds is 11. The van der Waals surface area contributed by atoms with Gasteiger partial charge in [0.25, 0.3) is 0 Å². The topological polar surface area (TPSA) is 129 Å². The highest BCUT2D eigenvalue weighted by molar-refractivity contribution is 5.72. The van der Waals surface area contributed by atoms with E-state index in [1.807, 2.05) is 48.5 Å². The molecule has 0 unspecified atom stereocenters. The number of aliphatic hydroxyl groups excluding tert-OH is 1. The fraction of sp³-hybridized carbons (Fsp3) is 0.290. The van der Waals surface area contributed by atoms with Gasteiger partial charge in [-0.25, -0.2) is 0 Å². The van der Waals surface area contributed by atoms with E-state index in [-0.39, 0.29) is 25.4 Å². The number of ether oxygens (including phenoxy) is 3. The molecule has 4 aromatic rings. The maximum Gasteiger partial charge on any atom is 0.313 e. The molecule has 212 valence electrons. The van der Waals surface area contributed by atoms with E-state index in [1.54, 1.807) is 40.0 Å². The van der Waals surface area contributed by atoms with E-state index in [2.05, 4.69) is 0 Å². The van der Waals surface area contributed by atoms with E-state index in [9.17, 15) is 9.59 Å². The molecule has 0 atom stereocenters. The minimum Gasteiger partial charge on any atom is -0.497 e.